The molecule has 3 fully saturated rings. The van der Waals surface area contributed by atoms with Crippen LogP contribution in [0.4, 0.5) is 34.1 Å². The lowest BCUT2D eigenvalue weighted by Crippen LogP contribution is -2.49. The zero-order valence-corrected chi connectivity index (χ0v) is 60.7. The van der Waals surface area contributed by atoms with Gasteiger partial charge in [0.1, 0.15) is 22.8 Å². The number of aryl methyl sites for hydroxylation is 3. The standard InChI is InChI=1S/C27H33N5O5.C23H26ClN5O5.C22H24ClN5O5/c1-19-6-11-23-22(18-19)24(25(32(35)36)27(34)31(23)13-5-12-28(2)3)29-14-16-30(17-15-29)26(33)20-7-9-21(37-4)10-8-20;1-25(2)8-4-9-28-18-7-6-16(24)15-17(18)20(21(23(28)31)29(32)33)26-10-12-27(13-11-26)22(30)19-5-3-14-34-19;1-24(2)7-12-27-17-6-5-15(23)14-16(17)19(20(22(27)30)28(31)32)25-8-10-26(11-9-25)21(29)18-4-3-13-33-18/h6-11,18H,5,12-17H2,1-4H3;3,5-7,14-15H,4,8-13H2,1-2H3;3-6,13-14H,7-12H2,1-2H3. The van der Waals surface area contributed by atoms with Crippen molar-refractivity contribution in [3.8, 4) is 5.75 Å². The predicted octanol–water partition coefficient (Wildman–Crippen LogP) is 8.89. The Hall–Kier alpha value is -10.7. The predicted molar refractivity (Wildman–Crippen MR) is 399 cm³/mol. The topological polar surface area (TPSA) is 311 Å². The van der Waals surface area contributed by atoms with E-state index in [1.165, 1.54) is 26.2 Å². The van der Waals surface area contributed by atoms with Crippen molar-refractivity contribution in [3.63, 3.8) is 0 Å². The molecule has 4 aromatic carbocycles. The van der Waals surface area contributed by atoms with E-state index >= 15 is 0 Å². The number of amides is 3. The number of benzene rings is 4. The molecule has 0 atom stereocenters. The summed E-state index contributed by atoms with van der Waals surface area (Å²) in [5.74, 6) is 0.595. The van der Waals surface area contributed by atoms with Gasteiger partial charge in [-0.3, -0.25) is 59.1 Å². The lowest BCUT2D eigenvalue weighted by molar-refractivity contribution is -0.385. The van der Waals surface area contributed by atoms with Crippen LogP contribution in [-0.4, -0.2) is 223 Å². The van der Waals surface area contributed by atoms with Crippen LogP contribution in [0.1, 0.15) is 49.9 Å². The number of fused-ring (bicyclic) bond motifs is 3. The van der Waals surface area contributed by atoms with Gasteiger partial charge in [-0.2, -0.15) is 0 Å². The zero-order valence-electron chi connectivity index (χ0n) is 59.2. The Labute approximate surface area is 607 Å². The van der Waals surface area contributed by atoms with Crippen molar-refractivity contribution in [2.24, 2.45) is 0 Å². The van der Waals surface area contributed by atoms with Crippen molar-refractivity contribution in [3.05, 3.63) is 210 Å². The van der Waals surface area contributed by atoms with Gasteiger partial charge in [0.2, 0.25) is 0 Å². The molecular formula is C72H83Cl2N15O15. The van der Waals surface area contributed by atoms with Gasteiger partial charge in [0, 0.05) is 136 Å². The summed E-state index contributed by atoms with van der Waals surface area (Å²) < 4.78 is 20.0. The Kier molecular flexibility index (Phi) is 24.6. The number of piperazine rings is 3. The van der Waals surface area contributed by atoms with E-state index in [2.05, 4.69) is 0 Å². The SMILES string of the molecule is CN(C)CCCn1c(=O)c([N+](=O)[O-])c(N2CCN(C(=O)c3ccco3)CC2)c2cc(Cl)ccc21.CN(C)CCn1c(=O)c([N+](=O)[O-])c(N2CCN(C(=O)c3ccco3)CC2)c2cc(Cl)ccc21.COc1ccc(C(=O)N2CCN(c3c([N+](=O)[O-])c(=O)n(CCCN(C)C)c4ccc(C)cc34)CC2)cc1. The number of pyridine rings is 3. The van der Waals surface area contributed by atoms with E-state index < -0.39 is 48.5 Å². The monoisotopic (exact) mass is 1470 g/mol. The molecule has 8 heterocycles. The molecule has 9 aromatic rings. The number of nitro groups is 3. The van der Waals surface area contributed by atoms with Gasteiger partial charge in [0.05, 0.1) is 51.0 Å². The number of aromatic nitrogens is 3. The highest BCUT2D eigenvalue weighted by Gasteiger charge is 2.37. The molecule has 3 aliphatic heterocycles. The number of hydrogen-bond donors (Lipinski definition) is 0. The number of halogens is 2. The Balaban J connectivity index is 0.000000168. The van der Waals surface area contributed by atoms with E-state index in [0.717, 1.165) is 18.7 Å². The van der Waals surface area contributed by atoms with Gasteiger partial charge in [-0.1, -0.05) is 34.8 Å². The molecule has 0 radical (unpaired) electrons. The molecule has 104 heavy (non-hydrogen) atoms. The van der Waals surface area contributed by atoms with Crippen LogP contribution in [0.25, 0.3) is 32.7 Å². The first-order valence-electron chi connectivity index (χ1n) is 33.9. The van der Waals surface area contributed by atoms with Crippen LogP contribution >= 0.6 is 23.2 Å². The van der Waals surface area contributed by atoms with Gasteiger partial charge in [0.15, 0.2) is 11.5 Å². The molecule has 3 aliphatic rings. The smallest absolute Gasteiger partial charge is 0.357 e. The minimum atomic E-state index is -0.652. The van der Waals surface area contributed by atoms with E-state index in [0.29, 0.717) is 177 Å². The molecule has 5 aromatic heterocycles. The van der Waals surface area contributed by atoms with Gasteiger partial charge in [-0.15, -0.1) is 0 Å². The number of likely N-dealkylation sites (N-methyl/N-ethyl adjacent to an activating group) is 1. The molecule has 12 rings (SSSR count). The normalized spacial score (nSPS) is 14.1. The lowest BCUT2D eigenvalue weighted by Gasteiger charge is -2.36. The largest absolute Gasteiger partial charge is 0.497 e. The fraction of sp³-hybridized carbons (Fsp3) is 0.389. The highest BCUT2D eigenvalue weighted by molar-refractivity contribution is 6.32. The van der Waals surface area contributed by atoms with Crippen LogP contribution in [0, 0.1) is 37.3 Å². The lowest BCUT2D eigenvalue weighted by atomic mass is 10.1. The molecule has 3 amide bonds. The highest BCUT2D eigenvalue weighted by Crippen LogP contribution is 2.39. The summed E-state index contributed by atoms with van der Waals surface area (Å²) in [4.78, 5) is 129. The quantitative estimate of drug-likeness (QED) is 0.0478. The minimum absolute atomic E-state index is 0.103. The molecule has 3 saturated heterocycles. The third-order valence-corrected chi connectivity index (χ3v) is 18.9. The fourth-order valence-electron chi connectivity index (χ4n) is 13.3. The maximum Gasteiger partial charge on any atom is 0.357 e. The third-order valence-electron chi connectivity index (χ3n) is 18.5. The number of rotatable bonds is 21. The molecule has 32 heteroatoms. The summed E-state index contributed by atoms with van der Waals surface area (Å²) in [5.41, 5.74) is 0.990. The van der Waals surface area contributed by atoms with E-state index in [9.17, 15) is 59.1 Å². The second-order valence-electron chi connectivity index (χ2n) is 26.2. The number of carbonyl (C=O) groups excluding carboxylic acids is 3. The van der Waals surface area contributed by atoms with Crippen LogP contribution in [0.5, 0.6) is 5.75 Å². The van der Waals surface area contributed by atoms with Crippen LogP contribution in [0.2, 0.25) is 10.0 Å². The second kappa shape index (κ2) is 33.6. The van der Waals surface area contributed by atoms with E-state index in [-0.39, 0.29) is 40.6 Å². The number of methoxy groups -OCH3 is 1. The van der Waals surface area contributed by atoms with Crippen LogP contribution in [0.3, 0.4) is 0 Å². The summed E-state index contributed by atoms with van der Waals surface area (Å²) >= 11 is 12.5. The minimum Gasteiger partial charge on any atom is -0.497 e. The Morgan fingerprint density at radius 2 is 0.808 bits per heavy atom. The second-order valence-corrected chi connectivity index (χ2v) is 27.1. The van der Waals surface area contributed by atoms with Crippen LogP contribution < -0.4 is 36.1 Å². The molecule has 550 valence electrons. The molecule has 0 aliphatic carbocycles. The highest BCUT2D eigenvalue weighted by atomic mass is 35.5. The first-order chi connectivity index (χ1) is 49.8. The average molecular weight is 1470 g/mol. The van der Waals surface area contributed by atoms with Crippen molar-refractivity contribution < 1.29 is 42.7 Å². The molecule has 0 bridgehead atoms. The molecule has 0 saturated carbocycles. The van der Waals surface area contributed by atoms with Crippen molar-refractivity contribution in [2.75, 3.05) is 162 Å². The number of furan rings is 2. The van der Waals surface area contributed by atoms with Crippen molar-refractivity contribution in [1.82, 2.24) is 43.1 Å². The number of ether oxygens (including phenoxy) is 1. The van der Waals surface area contributed by atoms with Gasteiger partial charge in [-0.05, 0) is 172 Å². The molecular weight excluding hydrogens is 1390 g/mol. The van der Waals surface area contributed by atoms with Crippen molar-refractivity contribution >= 4 is 108 Å². The first-order valence-corrected chi connectivity index (χ1v) is 34.6. The molecule has 0 unspecified atom stereocenters. The van der Waals surface area contributed by atoms with Gasteiger partial charge >= 0.3 is 33.7 Å². The van der Waals surface area contributed by atoms with Crippen molar-refractivity contribution in [2.45, 2.75) is 39.4 Å². The fourth-order valence-corrected chi connectivity index (χ4v) is 13.6. The maximum atomic E-state index is 13.5. The number of anilines is 3. The average Bonchev–Trinajstić information content (AvgIpc) is 0.802. The summed E-state index contributed by atoms with van der Waals surface area (Å²) in [6.45, 7) is 9.24. The molecule has 0 spiro atoms. The number of carbonyl (C=O) groups is 3. The summed E-state index contributed by atoms with van der Waals surface area (Å²) in [6.07, 6.45) is 4.23. The van der Waals surface area contributed by atoms with Gasteiger partial charge in [0.25, 0.3) is 17.7 Å². The zero-order chi connectivity index (χ0) is 74.8. The van der Waals surface area contributed by atoms with Gasteiger partial charge in [-0.25, -0.2) is 0 Å². The summed E-state index contributed by atoms with van der Waals surface area (Å²) in [6, 6.07) is 29.3. The third kappa shape index (κ3) is 17.0. The van der Waals surface area contributed by atoms with E-state index in [1.807, 2.05) is 87.0 Å². The Morgan fingerprint density at radius 3 is 1.14 bits per heavy atom. The summed E-state index contributed by atoms with van der Waals surface area (Å²) in [5, 5.41) is 39.1. The van der Waals surface area contributed by atoms with Crippen molar-refractivity contribution in [1.29, 1.82) is 0 Å². The summed E-state index contributed by atoms with van der Waals surface area (Å²) in [7, 11) is 13.1. The molecule has 0 N–H and O–H groups in total. The molecule has 30 nitrogen and oxygen atoms in total. The van der Waals surface area contributed by atoms with Gasteiger partial charge < -0.3 is 71.4 Å². The van der Waals surface area contributed by atoms with Crippen LogP contribution in [0.15, 0.2) is 139 Å². The Bertz CT molecular complexity index is 4830. The van der Waals surface area contributed by atoms with Crippen LogP contribution in [-0.2, 0) is 19.6 Å². The maximum absolute atomic E-state index is 13.5. The van der Waals surface area contributed by atoms with E-state index in [1.54, 1.807) is 117 Å². The first kappa shape index (κ1) is 76.0. The number of nitrogens with zero attached hydrogens (tertiary/aromatic N) is 15. The van der Waals surface area contributed by atoms with E-state index in [4.69, 9.17) is 36.8 Å². The Morgan fingerprint density at radius 1 is 0.462 bits per heavy atom. The number of hydrogen-bond acceptors (Lipinski definition) is 21.